The first-order valence-corrected chi connectivity index (χ1v) is 13.4. The molecule has 2 aliphatic rings. The number of aromatic nitrogens is 2. The molecular weight excluding hydrogens is 472 g/mol. The van der Waals surface area contributed by atoms with Crippen molar-refractivity contribution >= 4 is 50.6 Å². The minimum Gasteiger partial charge on any atom is -0.325 e. The highest BCUT2D eigenvalue weighted by Crippen LogP contribution is 2.38. The summed E-state index contributed by atoms with van der Waals surface area (Å²) in [6.45, 7) is 1.77. The van der Waals surface area contributed by atoms with Gasteiger partial charge in [0.05, 0.1) is 15.6 Å². The predicted molar refractivity (Wildman–Crippen MR) is 135 cm³/mol. The monoisotopic (exact) mass is 498 g/mol. The molecule has 0 radical (unpaired) electrons. The van der Waals surface area contributed by atoms with Crippen molar-refractivity contribution in [3.63, 3.8) is 0 Å². The van der Waals surface area contributed by atoms with Crippen LogP contribution < -0.4 is 10.9 Å². The van der Waals surface area contributed by atoms with Crippen LogP contribution in [0.5, 0.6) is 0 Å². The number of amides is 1. The van der Waals surface area contributed by atoms with E-state index < -0.39 is 10.2 Å². The number of benzene rings is 1. The molecule has 2 heterocycles. The van der Waals surface area contributed by atoms with Crippen LogP contribution in [0.1, 0.15) is 61.9 Å². The topological polar surface area (TPSA) is 107 Å². The molecule has 1 fully saturated rings. The summed E-state index contributed by atoms with van der Waals surface area (Å²) in [5, 5.41) is 14.6. The second-order valence-electron chi connectivity index (χ2n) is 8.96. The number of carbonyl (C=O) groups excluding carboxylic acids is 1. The number of fused-ring (bicyclic) bond motifs is 3. The van der Waals surface area contributed by atoms with Gasteiger partial charge in [0.15, 0.2) is 5.16 Å². The quantitative estimate of drug-likeness (QED) is 0.209. The minimum atomic E-state index is -0.536. The fourth-order valence-electron chi connectivity index (χ4n) is 4.92. The summed E-state index contributed by atoms with van der Waals surface area (Å²) in [6, 6.07) is 5.99. The summed E-state index contributed by atoms with van der Waals surface area (Å²) in [5.74, 6) is -0.289. The molecule has 1 aromatic carbocycles. The number of nitro groups is 1. The number of thioether (sulfide) groups is 1. The summed E-state index contributed by atoms with van der Waals surface area (Å²) in [7, 11) is 0. The third-order valence-corrected chi connectivity index (χ3v) is 8.91. The highest BCUT2D eigenvalue weighted by Gasteiger charge is 2.28. The van der Waals surface area contributed by atoms with E-state index in [9.17, 15) is 19.7 Å². The van der Waals surface area contributed by atoms with Gasteiger partial charge in [-0.15, -0.1) is 11.3 Å². The Morgan fingerprint density at radius 2 is 2.03 bits per heavy atom. The Labute approximate surface area is 204 Å². The fraction of sp³-hybridized carbons (Fsp3) is 0.458. The molecule has 1 N–H and O–H groups in total. The van der Waals surface area contributed by atoms with E-state index in [0.29, 0.717) is 10.8 Å². The molecule has 10 heteroatoms. The molecule has 1 amide bonds. The SMILES string of the molecule is CC(Sc1nc2sc3c(c2c(=O)n1C1CCCC1)CCCC3)C(=O)Nc1cccc([N+](=O)[O-])c1. The molecule has 3 aromatic rings. The number of rotatable bonds is 6. The lowest BCUT2D eigenvalue weighted by Crippen LogP contribution is -2.29. The minimum absolute atomic E-state index is 0.0325. The third kappa shape index (κ3) is 4.36. The normalized spacial score (nSPS) is 17.0. The van der Waals surface area contributed by atoms with Crippen molar-refractivity contribution in [2.75, 3.05) is 5.32 Å². The first-order valence-electron chi connectivity index (χ1n) is 11.7. The number of thiophene rings is 1. The van der Waals surface area contributed by atoms with Gasteiger partial charge in [-0.1, -0.05) is 30.7 Å². The smallest absolute Gasteiger partial charge is 0.271 e. The lowest BCUT2D eigenvalue weighted by molar-refractivity contribution is -0.384. The van der Waals surface area contributed by atoms with E-state index >= 15 is 0 Å². The maximum atomic E-state index is 13.8. The van der Waals surface area contributed by atoms with E-state index in [1.165, 1.54) is 40.4 Å². The lowest BCUT2D eigenvalue weighted by atomic mass is 9.97. The molecule has 5 rings (SSSR count). The van der Waals surface area contributed by atoms with Crippen molar-refractivity contribution in [3.05, 3.63) is 55.2 Å². The van der Waals surface area contributed by atoms with Crippen molar-refractivity contribution in [2.45, 2.75) is 74.7 Å². The van der Waals surface area contributed by atoms with Gasteiger partial charge in [0.1, 0.15) is 4.83 Å². The first kappa shape index (κ1) is 23.0. The number of aryl methyl sites for hydroxylation is 2. The number of anilines is 1. The second-order valence-corrected chi connectivity index (χ2v) is 11.3. The zero-order valence-electron chi connectivity index (χ0n) is 18.9. The van der Waals surface area contributed by atoms with Crippen LogP contribution in [-0.4, -0.2) is 25.6 Å². The second kappa shape index (κ2) is 9.50. The summed E-state index contributed by atoms with van der Waals surface area (Å²) in [5.41, 5.74) is 1.50. The number of hydrogen-bond acceptors (Lipinski definition) is 7. The van der Waals surface area contributed by atoms with Gasteiger partial charge in [-0.05, 0) is 57.1 Å². The van der Waals surface area contributed by atoms with E-state index in [1.807, 2.05) is 4.57 Å². The molecule has 1 atom stereocenters. The van der Waals surface area contributed by atoms with Gasteiger partial charge in [0.2, 0.25) is 5.91 Å². The number of hydrogen-bond donors (Lipinski definition) is 1. The standard InChI is InChI=1S/C24H26N4O4S2/c1-14(21(29)25-15-7-6-10-17(13-15)28(31)32)33-24-26-22-20(18-11-4-5-12-19(18)34-22)23(30)27(24)16-8-2-3-9-16/h6-7,10,13-14,16H,2-5,8-9,11-12H2,1H3,(H,25,29). The average molecular weight is 499 g/mol. The molecule has 1 unspecified atom stereocenters. The van der Waals surface area contributed by atoms with Crippen molar-refractivity contribution < 1.29 is 9.72 Å². The van der Waals surface area contributed by atoms with Gasteiger partial charge >= 0.3 is 0 Å². The van der Waals surface area contributed by atoms with Crippen LogP contribution in [-0.2, 0) is 17.6 Å². The molecule has 0 aliphatic heterocycles. The third-order valence-electron chi connectivity index (χ3n) is 6.65. The van der Waals surface area contributed by atoms with Gasteiger partial charge in [-0.3, -0.25) is 24.3 Å². The molecule has 2 aliphatic carbocycles. The number of nitrogens with zero attached hydrogens (tertiary/aromatic N) is 3. The average Bonchev–Trinajstić information content (AvgIpc) is 3.47. The molecular formula is C24H26N4O4S2. The molecule has 2 aromatic heterocycles. The highest BCUT2D eigenvalue weighted by atomic mass is 32.2. The zero-order valence-corrected chi connectivity index (χ0v) is 20.5. The lowest BCUT2D eigenvalue weighted by Gasteiger charge is -2.20. The zero-order chi connectivity index (χ0) is 23.8. The molecule has 0 spiro atoms. The largest absolute Gasteiger partial charge is 0.325 e. The number of non-ortho nitro benzene ring substituents is 1. The molecule has 0 saturated heterocycles. The molecule has 8 nitrogen and oxygen atoms in total. The van der Waals surface area contributed by atoms with E-state index in [2.05, 4.69) is 5.32 Å². The summed E-state index contributed by atoms with van der Waals surface area (Å²) >= 11 is 2.90. The Balaban J connectivity index is 1.47. The first-order chi connectivity index (χ1) is 16.4. The van der Waals surface area contributed by atoms with Crippen LogP contribution in [0.15, 0.2) is 34.2 Å². The van der Waals surface area contributed by atoms with Crippen LogP contribution in [0.25, 0.3) is 10.2 Å². The molecule has 178 valence electrons. The molecule has 0 bridgehead atoms. The number of carbonyl (C=O) groups is 1. The van der Waals surface area contributed by atoms with Crippen molar-refractivity contribution in [2.24, 2.45) is 0 Å². The van der Waals surface area contributed by atoms with E-state index in [4.69, 9.17) is 4.98 Å². The Hall–Kier alpha value is -2.72. The van der Waals surface area contributed by atoms with Crippen LogP contribution in [0.4, 0.5) is 11.4 Å². The number of nitro benzene ring substituents is 1. The van der Waals surface area contributed by atoms with Crippen molar-refractivity contribution in [1.29, 1.82) is 0 Å². The highest BCUT2D eigenvalue weighted by molar-refractivity contribution is 8.00. The van der Waals surface area contributed by atoms with Crippen LogP contribution >= 0.6 is 23.1 Å². The van der Waals surface area contributed by atoms with Gasteiger partial charge in [-0.25, -0.2) is 4.98 Å². The van der Waals surface area contributed by atoms with Crippen LogP contribution in [0.2, 0.25) is 0 Å². The molecule has 34 heavy (non-hydrogen) atoms. The van der Waals surface area contributed by atoms with Gasteiger partial charge in [0.25, 0.3) is 11.2 Å². The van der Waals surface area contributed by atoms with Gasteiger partial charge in [0, 0.05) is 28.7 Å². The van der Waals surface area contributed by atoms with Crippen molar-refractivity contribution in [1.82, 2.24) is 9.55 Å². The molecule has 1 saturated carbocycles. The number of nitrogens with one attached hydrogen (secondary N) is 1. The van der Waals surface area contributed by atoms with Gasteiger partial charge < -0.3 is 5.32 Å². The predicted octanol–water partition coefficient (Wildman–Crippen LogP) is 5.48. The Kier molecular flexibility index (Phi) is 6.44. The van der Waals surface area contributed by atoms with E-state index in [-0.39, 0.29) is 23.2 Å². The van der Waals surface area contributed by atoms with E-state index in [0.717, 1.165) is 61.6 Å². The maximum absolute atomic E-state index is 13.8. The van der Waals surface area contributed by atoms with E-state index in [1.54, 1.807) is 24.3 Å². The van der Waals surface area contributed by atoms with Crippen molar-refractivity contribution in [3.8, 4) is 0 Å². The van der Waals surface area contributed by atoms with Crippen LogP contribution in [0, 0.1) is 10.1 Å². The summed E-state index contributed by atoms with van der Waals surface area (Å²) in [6.07, 6.45) is 8.26. The fourth-order valence-corrected chi connectivity index (χ4v) is 7.20. The summed E-state index contributed by atoms with van der Waals surface area (Å²) < 4.78 is 1.85. The maximum Gasteiger partial charge on any atom is 0.271 e. The Morgan fingerprint density at radius 3 is 2.79 bits per heavy atom. The Morgan fingerprint density at radius 1 is 1.26 bits per heavy atom. The Bertz CT molecular complexity index is 1330. The van der Waals surface area contributed by atoms with Gasteiger partial charge in [-0.2, -0.15) is 0 Å². The summed E-state index contributed by atoms with van der Waals surface area (Å²) in [4.78, 5) is 44.2. The van der Waals surface area contributed by atoms with Crippen LogP contribution in [0.3, 0.4) is 0 Å².